The molecule has 0 spiro atoms. The minimum Gasteiger partial charge on any atom is -0.206 e. The zero-order chi connectivity index (χ0) is 9.30. The van der Waals surface area contributed by atoms with Gasteiger partial charge >= 0.3 is 0 Å². The van der Waals surface area contributed by atoms with Crippen molar-refractivity contribution in [3.05, 3.63) is 32.5 Å². The summed E-state index contributed by atoms with van der Waals surface area (Å²) >= 11 is 5.84. The maximum absolute atomic E-state index is 12.8. The highest BCUT2D eigenvalue weighted by atomic mass is 79.9. The van der Waals surface area contributed by atoms with Gasteiger partial charge in [0.15, 0.2) is 0 Å². The second-order valence-corrected chi connectivity index (χ2v) is 3.75. The molecule has 5 heteroatoms. The van der Waals surface area contributed by atoms with Crippen molar-refractivity contribution < 1.29 is 13.2 Å². The molecular weight excluding hydrogens is 301 g/mol. The third-order valence-corrected chi connectivity index (χ3v) is 3.22. The van der Waals surface area contributed by atoms with Crippen molar-refractivity contribution in [3.8, 4) is 0 Å². The van der Waals surface area contributed by atoms with Crippen molar-refractivity contribution >= 4 is 31.9 Å². The summed E-state index contributed by atoms with van der Waals surface area (Å²) in [5.74, 6) is -0.695. The normalized spacial score (nSPS) is 10.8. The Kier molecular flexibility index (Phi) is 3.17. The summed E-state index contributed by atoms with van der Waals surface area (Å²) in [5.41, 5.74) is -0.331. The Labute approximate surface area is 84.0 Å². The first-order valence-electron chi connectivity index (χ1n) is 2.95. The number of hydrogen-bond donors (Lipinski definition) is 0. The summed E-state index contributed by atoms with van der Waals surface area (Å²) in [6, 6.07) is 1.98. The van der Waals surface area contributed by atoms with Gasteiger partial charge in [0, 0.05) is 10.0 Å². The maximum Gasteiger partial charge on any atom is 0.263 e. The van der Waals surface area contributed by atoms with Crippen molar-refractivity contribution in [2.75, 3.05) is 0 Å². The molecule has 0 saturated heterocycles. The highest BCUT2D eigenvalue weighted by molar-refractivity contribution is 9.13. The van der Waals surface area contributed by atoms with Crippen LogP contribution in [0.3, 0.4) is 0 Å². The van der Waals surface area contributed by atoms with Gasteiger partial charge in [-0.1, -0.05) is 0 Å². The summed E-state index contributed by atoms with van der Waals surface area (Å²) in [7, 11) is 0. The van der Waals surface area contributed by atoms with Gasteiger partial charge in [0.25, 0.3) is 6.43 Å². The predicted molar refractivity (Wildman–Crippen MR) is 46.8 cm³/mol. The van der Waals surface area contributed by atoms with E-state index in [0.717, 1.165) is 6.07 Å². The van der Waals surface area contributed by atoms with Crippen LogP contribution in [0.2, 0.25) is 0 Å². The Morgan fingerprint density at radius 3 is 2.17 bits per heavy atom. The summed E-state index contributed by atoms with van der Waals surface area (Å²) in [5, 5.41) is 0. The van der Waals surface area contributed by atoms with E-state index in [1.807, 2.05) is 0 Å². The molecule has 0 aromatic heterocycles. The fourth-order valence-electron chi connectivity index (χ4n) is 0.701. The average molecular weight is 304 g/mol. The van der Waals surface area contributed by atoms with Gasteiger partial charge in [0.2, 0.25) is 0 Å². The zero-order valence-corrected chi connectivity index (χ0v) is 8.79. The first kappa shape index (κ1) is 10.1. The van der Waals surface area contributed by atoms with E-state index in [9.17, 15) is 13.2 Å². The summed E-state index contributed by atoms with van der Waals surface area (Å²) in [6.45, 7) is 0. The van der Waals surface area contributed by atoms with Crippen LogP contribution in [0, 0.1) is 5.82 Å². The Morgan fingerprint density at radius 1 is 1.17 bits per heavy atom. The minimum absolute atomic E-state index is 0.159. The molecule has 0 aliphatic heterocycles. The SMILES string of the molecule is Fc1cc(C(F)F)cc(Br)c1Br. The molecule has 0 heterocycles. The highest BCUT2D eigenvalue weighted by Crippen LogP contribution is 2.30. The van der Waals surface area contributed by atoms with Gasteiger partial charge in [0.1, 0.15) is 5.82 Å². The van der Waals surface area contributed by atoms with Crippen LogP contribution in [0.15, 0.2) is 21.1 Å². The van der Waals surface area contributed by atoms with E-state index in [1.54, 1.807) is 0 Å². The fourth-order valence-corrected chi connectivity index (χ4v) is 1.38. The van der Waals surface area contributed by atoms with Crippen LogP contribution < -0.4 is 0 Å². The molecule has 0 aliphatic rings. The van der Waals surface area contributed by atoms with Gasteiger partial charge in [-0.2, -0.15) is 0 Å². The van der Waals surface area contributed by atoms with E-state index in [0.29, 0.717) is 0 Å². The summed E-state index contributed by atoms with van der Waals surface area (Å²) in [6.07, 6.45) is -2.65. The number of benzene rings is 1. The van der Waals surface area contributed by atoms with Crippen molar-refractivity contribution in [2.24, 2.45) is 0 Å². The average Bonchev–Trinajstić information content (AvgIpc) is 1.99. The van der Waals surface area contributed by atoms with Crippen LogP contribution in [-0.4, -0.2) is 0 Å². The van der Waals surface area contributed by atoms with Crippen molar-refractivity contribution in [1.29, 1.82) is 0 Å². The lowest BCUT2D eigenvalue weighted by Crippen LogP contribution is -1.88. The van der Waals surface area contributed by atoms with E-state index in [1.165, 1.54) is 6.07 Å². The first-order chi connectivity index (χ1) is 5.52. The number of halogens is 5. The van der Waals surface area contributed by atoms with Gasteiger partial charge < -0.3 is 0 Å². The molecule has 0 nitrogen and oxygen atoms in total. The van der Waals surface area contributed by atoms with E-state index < -0.39 is 12.2 Å². The van der Waals surface area contributed by atoms with Crippen LogP contribution >= 0.6 is 31.9 Å². The molecule has 0 unspecified atom stereocenters. The Morgan fingerprint density at radius 2 is 1.75 bits per heavy atom. The third kappa shape index (κ3) is 2.01. The van der Waals surface area contributed by atoms with E-state index in [-0.39, 0.29) is 14.5 Å². The van der Waals surface area contributed by atoms with E-state index >= 15 is 0 Å². The van der Waals surface area contributed by atoms with Crippen LogP contribution in [0.4, 0.5) is 13.2 Å². The van der Waals surface area contributed by atoms with Crippen LogP contribution in [0.5, 0.6) is 0 Å². The van der Waals surface area contributed by atoms with Gasteiger partial charge in [0.05, 0.1) is 4.47 Å². The topological polar surface area (TPSA) is 0 Å². The molecular formula is C7H3Br2F3. The Bertz CT molecular complexity index is 276. The summed E-state index contributed by atoms with van der Waals surface area (Å²) < 4.78 is 37.4. The monoisotopic (exact) mass is 302 g/mol. The number of hydrogen-bond acceptors (Lipinski definition) is 0. The van der Waals surface area contributed by atoms with Gasteiger partial charge in [-0.3, -0.25) is 0 Å². The molecule has 0 atom stereocenters. The standard InChI is InChI=1S/C7H3Br2F3/c8-4-1-3(7(11)12)2-5(10)6(4)9/h1-2,7H. The molecule has 12 heavy (non-hydrogen) atoms. The molecule has 0 radical (unpaired) electrons. The Balaban J connectivity index is 3.21. The minimum atomic E-state index is -2.65. The van der Waals surface area contributed by atoms with E-state index in [4.69, 9.17) is 0 Å². The lowest BCUT2D eigenvalue weighted by atomic mass is 10.2. The van der Waals surface area contributed by atoms with Gasteiger partial charge in [-0.15, -0.1) is 0 Å². The van der Waals surface area contributed by atoms with Crippen LogP contribution in [0.25, 0.3) is 0 Å². The smallest absolute Gasteiger partial charge is 0.206 e. The molecule has 0 amide bonds. The highest BCUT2D eigenvalue weighted by Gasteiger charge is 2.12. The second-order valence-electron chi connectivity index (χ2n) is 2.10. The molecule has 1 aromatic carbocycles. The van der Waals surface area contributed by atoms with E-state index in [2.05, 4.69) is 31.9 Å². The lowest BCUT2D eigenvalue weighted by Gasteiger charge is -2.02. The molecule has 66 valence electrons. The molecule has 1 rings (SSSR count). The first-order valence-corrected chi connectivity index (χ1v) is 4.53. The quantitative estimate of drug-likeness (QED) is 0.679. The molecule has 0 N–H and O–H groups in total. The van der Waals surface area contributed by atoms with Gasteiger partial charge in [-0.05, 0) is 44.0 Å². The number of rotatable bonds is 1. The lowest BCUT2D eigenvalue weighted by molar-refractivity contribution is 0.151. The molecule has 1 aromatic rings. The number of alkyl halides is 2. The fraction of sp³-hybridized carbons (Fsp3) is 0.143. The molecule has 0 fully saturated rings. The molecule has 0 bridgehead atoms. The largest absolute Gasteiger partial charge is 0.263 e. The van der Waals surface area contributed by atoms with Crippen LogP contribution in [-0.2, 0) is 0 Å². The van der Waals surface area contributed by atoms with Crippen molar-refractivity contribution in [3.63, 3.8) is 0 Å². The van der Waals surface area contributed by atoms with Gasteiger partial charge in [-0.25, -0.2) is 13.2 Å². The maximum atomic E-state index is 12.8. The van der Waals surface area contributed by atoms with Crippen molar-refractivity contribution in [2.45, 2.75) is 6.43 Å². The van der Waals surface area contributed by atoms with Crippen molar-refractivity contribution in [1.82, 2.24) is 0 Å². The van der Waals surface area contributed by atoms with Crippen LogP contribution in [0.1, 0.15) is 12.0 Å². The molecule has 0 saturated carbocycles. The predicted octanol–water partition coefficient (Wildman–Crippen LogP) is 4.29. The zero-order valence-electron chi connectivity index (χ0n) is 5.62. The molecule has 0 aliphatic carbocycles. The Hall–Kier alpha value is -0.0300. The summed E-state index contributed by atoms with van der Waals surface area (Å²) in [4.78, 5) is 0. The second kappa shape index (κ2) is 3.79. The third-order valence-electron chi connectivity index (χ3n) is 1.26.